The number of nitrogens with zero attached hydrogens (tertiary/aromatic N) is 2. The first-order valence-corrected chi connectivity index (χ1v) is 9.65. The molecule has 0 bridgehead atoms. The zero-order valence-electron chi connectivity index (χ0n) is 15.5. The molecule has 0 saturated heterocycles. The number of carbonyl (C=O) groups excluding carboxylic acids is 2. The number of benzene rings is 1. The number of hydrogen-bond donors (Lipinski definition) is 2. The summed E-state index contributed by atoms with van der Waals surface area (Å²) in [4.78, 5) is 24.9. The second-order valence-corrected chi connectivity index (χ2v) is 7.29. The molecule has 1 aromatic carbocycles. The van der Waals surface area contributed by atoms with E-state index in [-0.39, 0.29) is 23.9 Å². The number of nitrogens with one attached hydrogen (secondary N) is 2. The van der Waals surface area contributed by atoms with Crippen LogP contribution in [0.1, 0.15) is 61.7 Å². The smallest absolute Gasteiger partial charge is 0.251 e. The Bertz CT molecular complexity index is 732. The predicted octanol–water partition coefficient (Wildman–Crippen LogP) is 3.20. The summed E-state index contributed by atoms with van der Waals surface area (Å²) in [5, 5.41) is 14.3. The van der Waals surface area contributed by atoms with Gasteiger partial charge in [0.15, 0.2) is 5.66 Å². The third-order valence-corrected chi connectivity index (χ3v) is 5.27. The Morgan fingerprint density at radius 3 is 2.37 bits per heavy atom. The summed E-state index contributed by atoms with van der Waals surface area (Å²) < 4.78 is 0. The maximum atomic E-state index is 12.4. The molecule has 0 unspecified atom stereocenters. The van der Waals surface area contributed by atoms with E-state index in [1.807, 2.05) is 18.2 Å². The van der Waals surface area contributed by atoms with Crippen LogP contribution >= 0.6 is 0 Å². The number of terminal acetylenes is 1. The molecule has 3 rings (SSSR count). The van der Waals surface area contributed by atoms with Crippen molar-refractivity contribution >= 4 is 11.8 Å². The van der Waals surface area contributed by atoms with E-state index in [0.717, 1.165) is 25.7 Å². The molecule has 0 radical (unpaired) electrons. The minimum atomic E-state index is -0.433. The molecular formula is C21H26N4O2. The molecule has 0 spiro atoms. The number of hydrogen-bond acceptors (Lipinski definition) is 4. The number of amides is 2. The highest BCUT2D eigenvalue weighted by Gasteiger charge is 2.39. The Morgan fingerprint density at radius 1 is 1.07 bits per heavy atom. The quantitative estimate of drug-likeness (QED) is 0.693. The van der Waals surface area contributed by atoms with Gasteiger partial charge in [0.25, 0.3) is 5.91 Å². The van der Waals surface area contributed by atoms with E-state index in [1.54, 1.807) is 12.1 Å². The van der Waals surface area contributed by atoms with Crippen LogP contribution in [0, 0.1) is 12.3 Å². The first-order valence-electron chi connectivity index (χ1n) is 9.65. The molecule has 0 aromatic heterocycles. The highest BCUT2D eigenvalue weighted by atomic mass is 16.2. The van der Waals surface area contributed by atoms with Crippen LogP contribution in [0.25, 0.3) is 0 Å². The summed E-state index contributed by atoms with van der Waals surface area (Å²) in [5.41, 5.74) is 0.206. The molecule has 2 amide bonds. The monoisotopic (exact) mass is 366 g/mol. The molecule has 1 aliphatic carbocycles. The van der Waals surface area contributed by atoms with Crippen LogP contribution in [-0.2, 0) is 4.79 Å². The van der Waals surface area contributed by atoms with E-state index >= 15 is 0 Å². The van der Waals surface area contributed by atoms with Gasteiger partial charge in [-0.25, -0.2) is 0 Å². The van der Waals surface area contributed by atoms with Gasteiger partial charge < -0.3 is 10.6 Å². The molecule has 1 aliphatic heterocycles. The normalized spacial score (nSPS) is 22.5. The van der Waals surface area contributed by atoms with Gasteiger partial charge >= 0.3 is 0 Å². The van der Waals surface area contributed by atoms with Crippen molar-refractivity contribution in [2.24, 2.45) is 10.2 Å². The van der Waals surface area contributed by atoms with Crippen LogP contribution < -0.4 is 10.6 Å². The first-order chi connectivity index (χ1) is 13.1. The van der Waals surface area contributed by atoms with Crippen LogP contribution in [0.2, 0.25) is 0 Å². The molecule has 2 N–H and O–H groups in total. The van der Waals surface area contributed by atoms with Crippen molar-refractivity contribution in [3.63, 3.8) is 0 Å². The van der Waals surface area contributed by atoms with Gasteiger partial charge in [-0.2, -0.15) is 10.2 Å². The fraction of sp³-hybridized carbons (Fsp3) is 0.524. The third-order valence-electron chi connectivity index (χ3n) is 5.27. The molecule has 1 aromatic rings. The third kappa shape index (κ3) is 5.40. The fourth-order valence-corrected chi connectivity index (χ4v) is 3.58. The molecule has 6 nitrogen and oxygen atoms in total. The standard InChI is InChI=1S/C21H26N4O2/c1-2-3-14-21(24-25-21)15-13-19(26)22-17-11-7-8-12-18(17)23-20(27)16-9-5-4-6-10-16/h1,4-6,9-10,17-18H,3,7-8,11-15H2,(H,22,26)(H,23,27)/t17-,18-/m1/s1. The molecule has 2 aliphatic rings. The minimum Gasteiger partial charge on any atom is -0.351 e. The van der Waals surface area contributed by atoms with Crippen LogP contribution in [0.15, 0.2) is 40.6 Å². The first kappa shape index (κ1) is 19.1. The number of rotatable bonds is 8. The molecular weight excluding hydrogens is 340 g/mol. The van der Waals surface area contributed by atoms with Crippen molar-refractivity contribution in [1.29, 1.82) is 0 Å². The lowest BCUT2D eigenvalue weighted by molar-refractivity contribution is -0.122. The molecule has 1 saturated carbocycles. The maximum Gasteiger partial charge on any atom is 0.251 e. The Morgan fingerprint density at radius 2 is 1.74 bits per heavy atom. The van der Waals surface area contributed by atoms with Crippen molar-refractivity contribution < 1.29 is 9.59 Å². The summed E-state index contributed by atoms with van der Waals surface area (Å²) in [7, 11) is 0. The Balaban J connectivity index is 1.49. The van der Waals surface area contributed by atoms with Crippen molar-refractivity contribution in [3.8, 4) is 12.3 Å². The zero-order valence-corrected chi connectivity index (χ0v) is 15.5. The van der Waals surface area contributed by atoms with E-state index in [9.17, 15) is 9.59 Å². The Hall–Kier alpha value is -2.68. The average molecular weight is 366 g/mol. The largest absolute Gasteiger partial charge is 0.351 e. The number of carbonyl (C=O) groups is 2. The topological polar surface area (TPSA) is 82.9 Å². The van der Waals surface area contributed by atoms with Crippen molar-refractivity contribution in [2.75, 3.05) is 0 Å². The van der Waals surface area contributed by atoms with Crippen LogP contribution in [0.3, 0.4) is 0 Å². The van der Waals surface area contributed by atoms with E-state index in [4.69, 9.17) is 6.42 Å². The van der Waals surface area contributed by atoms with E-state index in [1.165, 1.54) is 0 Å². The summed E-state index contributed by atoms with van der Waals surface area (Å²) in [5.74, 6) is 2.49. The fourth-order valence-electron chi connectivity index (χ4n) is 3.58. The highest BCUT2D eigenvalue weighted by Crippen LogP contribution is 2.37. The molecule has 1 heterocycles. The second-order valence-electron chi connectivity index (χ2n) is 7.29. The highest BCUT2D eigenvalue weighted by molar-refractivity contribution is 5.94. The molecule has 1 fully saturated rings. The van der Waals surface area contributed by atoms with Gasteiger partial charge in [0, 0.05) is 43.3 Å². The lowest BCUT2D eigenvalue weighted by atomic mass is 9.89. The molecule has 142 valence electrons. The summed E-state index contributed by atoms with van der Waals surface area (Å²) in [6.45, 7) is 0. The predicted molar refractivity (Wildman–Crippen MR) is 103 cm³/mol. The van der Waals surface area contributed by atoms with Gasteiger partial charge in [-0.1, -0.05) is 31.0 Å². The summed E-state index contributed by atoms with van der Waals surface area (Å²) >= 11 is 0. The summed E-state index contributed by atoms with van der Waals surface area (Å²) in [6.07, 6.45) is 11.4. The van der Waals surface area contributed by atoms with Crippen LogP contribution in [-0.4, -0.2) is 29.6 Å². The van der Waals surface area contributed by atoms with Gasteiger partial charge in [0.1, 0.15) is 0 Å². The van der Waals surface area contributed by atoms with Gasteiger partial charge in [-0.05, 0) is 25.0 Å². The summed E-state index contributed by atoms with van der Waals surface area (Å²) in [6, 6.07) is 9.09. The van der Waals surface area contributed by atoms with Crippen molar-refractivity contribution in [1.82, 2.24) is 10.6 Å². The van der Waals surface area contributed by atoms with Crippen molar-refractivity contribution in [2.45, 2.75) is 69.1 Å². The van der Waals surface area contributed by atoms with Crippen LogP contribution in [0.5, 0.6) is 0 Å². The minimum absolute atomic E-state index is 0.0155. The van der Waals surface area contributed by atoms with Gasteiger partial charge in [-0.3, -0.25) is 9.59 Å². The molecule has 27 heavy (non-hydrogen) atoms. The van der Waals surface area contributed by atoms with Gasteiger partial charge in [0.2, 0.25) is 5.91 Å². The lowest BCUT2D eigenvalue weighted by Gasteiger charge is -2.33. The zero-order chi connectivity index (χ0) is 19.1. The van der Waals surface area contributed by atoms with E-state index in [2.05, 4.69) is 26.8 Å². The Labute approximate surface area is 160 Å². The SMILES string of the molecule is C#CCCC1(CCC(=O)N[C@@H]2CCCC[C@H]2NC(=O)c2ccccc2)N=N1. The van der Waals surface area contributed by atoms with Gasteiger partial charge in [-0.15, -0.1) is 12.3 Å². The van der Waals surface area contributed by atoms with Gasteiger partial charge in [0.05, 0.1) is 0 Å². The maximum absolute atomic E-state index is 12.4. The van der Waals surface area contributed by atoms with Crippen LogP contribution in [0.4, 0.5) is 0 Å². The second kappa shape index (κ2) is 8.81. The molecule has 6 heteroatoms. The average Bonchev–Trinajstić information content (AvgIpc) is 3.47. The van der Waals surface area contributed by atoms with E-state index in [0.29, 0.717) is 31.2 Å². The van der Waals surface area contributed by atoms with E-state index < -0.39 is 5.66 Å². The molecule has 2 atom stereocenters. The Kier molecular flexibility index (Phi) is 6.23. The lowest BCUT2D eigenvalue weighted by Crippen LogP contribution is -2.53. The van der Waals surface area contributed by atoms with Crippen molar-refractivity contribution in [3.05, 3.63) is 35.9 Å².